The SMILES string of the molecule is C/C(=N/NC(=O)Cn1ccccc1=O)c1ccc(OC(C)C)cc1. The second-order valence-electron chi connectivity index (χ2n) is 5.59. The topological polar surface area (TPSA) is 72.7 Å². The summed E-state index contributed by atoms with van der Waals surface area (Å²) in [4.78, 5) is 23.4. The Morgan fingerprint density at radius 2 is 1.92 bits per heavy atom. The molecule has 0 aliphatic carbocycles. The molecule has 0 unspecified atom stereocenters. The number of hydrazone groups is 1. The summed E-state index contributed by atoms with van der Waals surface area (Å²) < 4.78 is 6.90. The molecule has 1 aromatic carbocycles. The molecule has 2 rings (SSSR count). The zero-order chi connectivity index (χ0) is 17.5. The largest absolute Gasteiger partial charge is 0.491 e. The number of ether oxygens (including phenoxy) is 1. The molecule has 0 radical (unpaired) electrons. The van der Waals surface area contributed by atoms with E-state index >= 15 is 0 Å². The molecule has 1 heterocycles. The summed E-state index contributed by atoms with van der Waals surface area (Å²) in [5.74, 6) is 0.427. The molecule has 0 aliphatic heterocycles. The van der Waals surface area contributed by atoms with Gasteiger partial charge < -0.3 is 9.30 Å². The number of nitrogens with one attached hydrogen (secondary N) is 1. The van der Waals surface area contributed by atoms with Crippen molar-refractivity contribution in [1.29, 1.82) is 0 Å². The number of amides is 1. The van der Waals surface area contributed by atoms with E-state index in [4.69, 9.17) is 4.74 Å². The Bertz CT molecular complexity index is 777. The Hall–Kier alpha value is -2.89. The first-order valence-corrected chi connectivity index (χ1v) is 7.71. The van der Waals surface area contributed by atoms with Gasteiger partial charge in [-0.05, 0) is 56.7 Å². The molecule has 0 saturated heterocycles. The zero-order valence-electron chi connectivity index (χ0n) is 14.0. The molecule has 0 atom stereocenters. The van der Waals surface area contributed by atoms with Crippen LogP contribution < -0.4 is 15.7 Å². The maximum Gasteiger partial charge on any atom is 0.260 e. The third-order valence-corrected chi connectivity index (χ3v) is 3.21. The molecule has 0 saturated carbocycles. The lowest BCUT2D eigenvalue weighted by molar-refractivity contribution is -0.121. The fourth-order valence-corrected chi connectivity index (χ4v) is 2.04. The van der Waals surface area contributed by atoms with Crippen LogP contribution in [0.3, 0.4) is 0 Å². The molecule has 0 fully saturated rings. The van der Waals surface area contributed by atoms with Gasteiger partial charge in [0, 0.05) is 12.3 Å². The van der Waals surface area contributed by atoms with Crippen LogP contribution in [0.4, 0.5) is 0 Å². The molecular formula is C18H21N3O3. The van der Waals surface area contributed by atoms with Crippen molar-refractivity contribution >= 4 is 11.6 Å². The minimum atomic E-state index is -0.359. The summed E-state index contributed by atoms with van der Waals surface area (Å²) in [6, 6.07) is 12.2. The highest BCUT2D eigenvalue weighted by molar-refractivity contribution is 5.99. The number of hydrogen-bond donors (Lipinski definition) is 1. The number of pyridine rings is 1. The number of hydrogen-bond acceptors (Lipinski definition) is 4. The van der Waals surface area contributed by atoms with Crippen molar-refractivity contribution in [2.24, 2.45) is 5.10 Å². The molecule has 6 nitrogen and oxygen atoms in total. The number of aromatic nitrogens is 1. The first-order chi connectivity index (χ1) is 11.5. The van der Waals surface area contributed by atoms with Crippen LogP contribution in [-0.2, 0) is 11.3 Å². The van der Waals surface area contributed by atoms with E-state index in [1.807, 2.05) is 38.1 Å². The lowest BCUT2D eigenvalue weighted by Crippen LogP contribution is -2.29. The van der Waals surface area contributed by atoms with Gasteiger partial charge in [-0.2, -0.15) is 5.10 Å². The minimum Gasteiger partial charge on any atom is -0.491 e. The lowest BCUT2D eigenvalue weighted by atomic mass is 10.1. The molecule has 6 heteroatoms. The average molecular weight is 327 g/mol. The standard InChI is InChI=1S/C18H21N3O3/c1-13(2)24-16-9-7-15(8-10-16)14(3)19-20-17(22)12-21-11-5-4-6-18(21)23/h4-11,13H,12H2,1-3H3,(H,20,22)/b19-14-. The van der Waals surface area contributed by atoms with Gasteiger partial charge in [0.2, 0.25) is 0 Å². The Morgan fingerprint density at radius 1 is 1.21 bits per heavy atom. The van der Waals surface area contributed by atoms with Crippen LogP contribution in [-0.4, -0.2) is 22.3 Å². The van der Waals surface area contributed by atoms with Crippen LogP contribution in [0, 0.1) is 0 Å². The maximum atomic E-state index is 11.9. The van der Waals surface area contributed by atoms with Crippen LogP contribution >= 0.6 is 0 Å². The first-order valence-electron chi connectivity index (χ1n) is 7.71. The van der Waals surface area contributed by atoms with Crippen molar-refractivity contribution in [3.8, 4) is 5.75 Å². The molecule has 1 amide bonds. The highest BCUT2D eigenvalue weighted by Gasteiger charge is 2.04. The van der Waals surface area contributed by atoms with E-state index in [9.17, 15) is 9.59 Å². The van der Waals surface area contributed by atoms with Crippen molar-refractivity contribution in [2.45, 2.75) is 33.4 Å². The van der Waals surface area contributed by atoms with E-state index in [1.54, 1.807) is 25.3 Å². The molecule has 0 aliphatic rings. The molecule has 0 spiro atoms. The predicted molar refractivity (Wildman–Crippen MR) is 93.3 cm³/mol. The normalized spacial score (nSPS) is 11.4. The molecule has 1 aromatic heterocycles. The summed E-state index contributed by atoms with van der Waals surface area (Å²) in [5.41, 5.74) is 3.78. The quantitative estimate of drug-likeness (QED) is 0.653. The second-order valence-corrected chi connectivity index (χ2v) is 5.59. The molecule has 126 valence electrons. The highest BCUT2D eigenvalue weighted by atomic mass is 16.5. The maximum absolute atomic E-state index is 11.9. The Labute approximate surface area is 140 Å². The molecular weight excluding hydrogens is 306 g/mol. The van der Waals surface area contributed by atoms with Crippen molar-refractivity contribution in [3.05, 3.63) is 64.6 Å². The van der Waals surface area contributed by atoms with Gasteiger partial charge >= 0.3 is 0 Å². The molecule has 24 heavy (non-hydrogen) atoms. The molecule has 1 N–H and O–H groups in total. The van der Waals surface area contributed by atoms with E-state index < -0.39 is 0 Å². The third-order valence-electron chi connectivity index (χ3n) is 3.21. The second kappa shape index (κ2) is 8.10. The summed E-state index contributed by atoms with van der Waals surface area (Å²) in [5, 5.41) is 4.07. The summed E-state index contributed by atoms with van der Waals surface area (Å²) in [6.45, 7) is 5.66. The van der Waals surface area contributed by atoms with Gasteiger partial charge in [0.05, 0.1) is 11.8 Å². The predicted octanol–water partition coefficient (Wildman–Crippen LogP) is 2.18. The monoisotopic (exact) mass is 327 g/mol. The van der Waals surface area contributed by atoms with E-state index in [-0.39, 0.29) is 24.1 Å². The Balaban J connectivity index is 1.97. The Morgan fingerprint density at radius 3 is 2.54 bits per heavy atom. The first kappa shape index (κ1) is 17.5. The van der Waals surface area contributed by atoms with Crippen LogP contribution in [0.1, 0.15) is 26.3 Å². The van der Waals surface area contributed by atoms with Crippen molar-refractivity contribution < 1.29 is 9.53 Å². The minimum absolute atomic E-state index is 0.0718. The van der Waals surface area contributed by atoms with E-state index in [1.165, 1.54) is 10.6 Å². The summed E-state index contributed by atoms with van der Waals surface area (Å²) in [6.07, 6.45) is 1.68. The van der Waals surface area contributed by atoms with Crippen molar-refractivity contribution in [3.63, 3.8) is 0 Å². The lowest BCUT2D eigenvalue weighted by Gasteiger charge is -2.10. The van der Waals surface area contributed by atoms with Gasteiger partial charge in [-0.25, -0.2) is 5.43 Å². The average Bonchev–Trinajstić information content (AvgIpc) is 2.55. The smallest absolute Gasteiger partial charge is 0.260 e. The summed E-state index contributed by atoms with van der Waals surface area (Å²) in [7, 11) is 0. The van der Waals surface area contributed by atoms with E-state index in [2.05, 4.69) is 10.5 Å². The number of carbonyl (C=O) groups is 1. The number of benzene rings is 1. The number of nitrogens with zero attached hydrogens (tertiary/aromatic N) is 2. The number of carbonyl (C=O) groups excluding carboxylic acids is 1. The van der Waals surface area contributed by atoms with E-state index in [0.717, 1.165) is 11.3 Å². The van der Waals surface area contributed by atoms with Gasteiger partial charge in [-0.15, -0.1) is 0 Å². The van der Waals surface area contributed by atoms with Crippen molar-refractivity contribution in [1.82, 2.24) is 9.99 Å². The van der Waals surface area contributed by atoms with Crippen molar-refractivity contribution in [2.75, 3.05) is 0 Å². The number of rotatable bonds is 6. The van der Waals surface area contributed by atoms with Gasteiger partial charge in [-0.3, -0.25) is 9.59 Å². The highest BCUT2D eigenvalue weighted by Crippen LogP contribution is 2.14. The Kier molecular flexibility index (Phi) is 5.89. The van der Waals surface area contributed by atoms with Crippen LogP contribution in [0.2, 0.25) is 0 Å². The third kappa shape index (κ3) is 5.08. The van der Waals surface area contributed by atoms with Crippen LogP contribution in [0.25, 0.3) is 0 Å². The molecule has 0 bridgehead atoms. The molecule has 2 aromatic rings. The van der Waals surface area contributed by atoms with Gasteiger partial charge in [0.15, 0.2) is 0 Å². The summed E-state index contributed by atoms with van der Waals surface area (Å²) >= 11 is 0. The van der Waals surface area contributed by atoms with Gasteiger partial charge in [-0.1, -0.05) is 6.07 Å². The van der Waals surface area contributed by atoms with Gasteiger partial charge in [0.1, 0.15) is 12.3 Å². The van der Waals surface area contributed by atoms with E-state index in [0.29, 0.717) is 5.71 Å². The zero-order valence-corrected chi connectivity index (χ0v) is 14.0. The fourth-order valence-electron chi connectivity index (χ4n) is 2.04. The fraction of sp³-hybridized carbons (Fsp3) is 0.278. The van der Waals surface area contributed by atoms with Gasteiger partial charge in [0.25, 0.3) is 11.5 Å². The van der Waals surface area contributed by atoms with Crippen LogP contribution in [0.5, 0.6) is 5.75 Å². The van der Waals surface area contributed by atoms with Crippen LogP contribution in [0.15, 0.2) is 58.6 Å².